The molecule has 0 amide bonds. The minimum atomic E-state index is -0.625. The van der Waals surface area contributed by atoms with Gasteiger partial charge in [-0.05, 0) is 19.1 Å². The summed E-state index contributed by atoms with van der Waals surface area (Å²) in [5.41, 5.74) is 0.895. The Bertz CT molecular complexity index is 1150. The minimum Gasteiger partial charge on any atom is -0.431 e. The van der Waals surface area contributed by atoms with E-state index in [-0.39, 0.29) is 37.6 Å². The molecule has 1 aromatic carbocycles. The molecule has 0 fully saturated rings. The molecule has 150 valence electrons. The largest absolute Gasteiger partial charge is 0.431 e. The topological polar surface area (TPSA) is 142 Å². The van der Waals surface area contributed by atoms with Gasteiger partial charge in [-0.15, -0.1) is 0 Å². The van der Waals surface area contributed by atoms with E-state index in [2.05, 4.69) is 15.0 Å². The normalized spacial score (nSPS) is 10.2. The molecule has 0 spiro atoms. The first-order chi connectivity index (χ1) is 14.5. The number of fused-ring (bicyclic) bond motifs is 1. The van der Waals surface area contributed by atoms with E-state index in [1.807, 2.05) is 37.3 Å². The van der Waals surface area contributed by atoms with E-state index in [4.69, 9.17) is 15.3 Å². The number of para-hydroxylation sites is 1. The van der Waals surface area contributed by atoms with Crippen LogP contribution in [0.3, 0.4) is 0 Å². The molecule has 0 unspecified atom stereocenters. The number of nitrogens with zero attached hydrogens (tertiary/aromatic N) is 7. The van der Waals surface area contributed by atoms with E-state index < -0.39 is 10.6 Å². The predicted molar refractivity (Wildman–Crippen MR) is 108 cm³/mol. The lowest BCUT2D eigenvalue weighted by atomic mass is 10.2. The highest BCUT2D eigenvalue weighted by atomic mass is 16.6. The number of anilines is 1. The highest BCUT2D eigenvalue weighted by Crippen LogP contribution is 2.37. The zero-order valence-electron chi connectivity index (χ0n) is 16.1. The summed E-state index contributed by atoms with van der Waals surface area (Å²) in [6.07, 6.45) is 1.40. The van der Waals surface area contributed by atoms with Crippen LogP contribution in [0.5, 0.6) is 11.6 Å². The van der Waals surface area contributed by atoms with Crippen molar-refractivity contribution in [1.82, 2.24) is 15.0 Å². The maximum atomic E-state index is 11.9. The molecule has 3 aromatic rings. The third kappa shape index (κ3) is 4.39. The molecule has 30 heavy (non-hydrogen) atoms. The van der Waals surface area contributed by atoms with Gasteiger partial charge < -0.3 is 9.64 Å². The van der Waals surface area contributed by atoms with Crippen LogP contribution in [0, 0.1) is 39.7 Å². The monoisotopic (exact) mass is 403 g/mol. The first kappa shape index (κ1) is 20.4. The standard InChI is InChI=1S/C20H17N7O3/c1-14-7-8-15-5-2-6-16(17(15)25-14)30-20-18(27(28)29)19(23-13-24-20)26(11-3-9-21)12-4-10-22/h2,5-8,13H,3-4,11-12H2,1H3. The Morgan fingerprint density at radius 2 is 1.87 bits per heavy atom. The van der Waals surface area contributed by atoms with Crippen molar-refractivity contribution < 1.29 is 9.66 Å². The van der Waals surface area contributed by atoms with Gasteiger partial charge in [-0.2, -0.15) is 15.5 Å². The molecule has 0 atom stereocenters. The third-order valence-corrected chi connectivity index (χ3v) is 4.27. The molecule has 0 aliphatic rings. The summed E-state index contributed by atoms with van der Waals surface area (Å²) in [4.78, 5) is 25.2. The fourth-order valence-electron chi connectivity index (χ4n) is 2.92. The van der Waals surface area contributed by atoms with E-state index in [1.165, 1.54) is 4.90 Å². The molecular formula is C20H17N7O3. The van der Waals surface area contributed by atoms with Gasteiger partial charge in [-0.1, -0.05) is 18.2 Å². The maximum Gasteiger partial charge on any atom is 0.373 e. The minimum absolute atomic E-state index is 0.000114. The average molecular weight is 403 g/mol. The van der Waals surface area contributed by atoms with Crippen molar-refractivity contribution >= 4 is 22.4 Å². The van der Waals surface area contributed by atoms with Gasteiger partial charge >= 0.3 is 11.6 Å². The number of hydrogen-bond donors (Lipinski definition) is 0. The average Bonchev–Trinajstić information content (AvgIpc) is 2.74. The van der Waals surface area contributed by atoms with Crippen LogP contribution >= 0.6 is 0 Å². The van der Waals surface area contributed by atoms with Crippen molar-refractivity contribution in [2.24, 2.45) is 0 Å². The van der Waals surface area contributed by atoms with Crippen molar-refractivity contribution in [3.63, 3.8) is 0 Å². The summed E-state index contributed by atoms with van der Waals surface area (Å²) >= 11 is 0. The molecule has 0 aliphatic heterocycles. The van der Waals surface area contributed by atoms with Crippen molar-refractivity contribution in [2.45, 2.75) is 19.8 Å². The summed E-state index contributed by atoms with van der Waals surface area (Å²) in [6, 6.07) is 13.0. The second kappa shape index (κ2) is 9.26. The number of nitriles is 2. The van der Waals surface area contributed by atoms with Gasteiger partial charge in [-0.25, -0.2) is 9.97 Å². The SMILES string of the molecule is Cc1ccc2cccc(Oc3ncnc(N(CCC#N)CCC#N)c3[N+](=O)[O-])c2n1. The Labute approximate surface area is 172 Å². The van der Waals surface area contributed by atoms with Gasteiger partial charge in [0, 0.05) is 24.2 Å². The molecule has 0 radical (unpaired) electrons. The number of benzene rings is 1. The number of aryl methyl sites for hydroxylation is 1. The van der Waals surface area contributed by atoms with Gasteiger partial charge in [0.25, 0.3) is 0 Å². The third-order valence-electron chi connectivity index (χ3n) is 4.27. The molecule has 2 aromatic heterocycles. The summed E-state index contributed by atoms with van der Waals surface area (Å²) in [5, 5.41) is 30.5. The van der Waals surface area contributed by atoms with Crippen molar-refractivity contribution in [1.29, 1.82) is 10.5 Å². The summed E-state index contributed by atoms with van der Waals surface area (Å²) in [5.74, 6) is 0.0872. The van der Waals surface area contributed by atoms with Gasteiger partial charge in [0.1, 0.15) is 11.8 Å². The fourth-order valence-corrected chi connectivity index (χ4v) is 2.92. The van der Waals surface area contributed by atoms with Gasteiger partial charge in [0.15, 0.2) is 5.75 Å². The number of hydrogen-bond acceptors (Lipinski definition) is 9. The molecule has 0 saturated carbocycles. The van der Waals surface area contributed by atoms with Crippen molar-refractivity contribution in [3.8, 4) is 23.8 Å². The smallest absolute Gasteiger partial charge is 0.373 e. The Kier molecular flexibility index (Phi) is 6.30. The van der Waals surface area contributed by atoms with Crippen LogP contribution in [0.25, 0.3) is 10.9 Å². The maximum absolute atomic E-state index is 11.9. The number of ether oxygens (including phenoxy) is 1. The molecule has 10 nitrogen and oxygen atoms in total. The van der Waals surface area contributed by atoms with E-state index >= 15 is 0 Å². The molecule has 0 aliphatic carbocycles. The lowest BCUT2D eigenvalue weighted by Gasteiger charge is -2.21. The highest BCUT2D eigenvalue weighted by molar-refractivity contribution is 5.85. The molecule has 0 saturated heterocycles. The number of pyridine rings is 1. The van der Waals surface area contributed by atoms with Crippen LogP contribution in [-0.4, -0.2) is 33.0 Å². The van der Waals surface area contributed by atoms with E-state index in [9.17, 15) is 10.1 Å². The van der Waals surface area contributed by atoms with Crippen LogP contribution in [0.15, 0.2) is 36.7 Å². The van der Waals surface area contributed by atoms with E-state index in [0.29, 0.717) is 11.3 Å². The van der Waals surface area contributed by atoms with Crippen molar-refractivity contribution in [2.75, 3.05) is 18.0 Å². The highest BCUT2D eigenvalue weighted by Gasteiger charge is 2.29. The second-order valence-corrected chi connectivity index (χ2v) is 6.29. The quantitative estimate of drug-likeness (QED) is 0.406. The van der Waals surface area contributed by atoms with E-state index in [1.54, 1.807) is 12.1 Å². The zero-order valence-corrected chi connectivity index (χ0v) is 16.1. The van der Waals surface area contributed by atoms with Gasteiger partial charge in [-0.3, -0.25) is 10.1 Å². The first-order valence-corrected chi connectivity index (χ1v) is 9.07. The van der Waals surface area contributed by atoms with Crippen LogP contribution in [0.1, 0.15) is 18.5 Å². The van der Waals surface area contributed by atoms with E-state index in [0.717, 1.165) is 17.4 Å². The van der Waals surface area contributed by atoms with Crippen LogP contribution in [0.4, 0.5) is 11.5 Å². The predicted octanol–water partition coefficient (Wildman–Crippen LogP) is 3.67. The Balaban J connectivity index is 2.07. The van der Waals surface area contributed by atoms with Gasteiger partial charge in [0.2, 0.25) is 5.82 Å². The van der Waals surface area contributed by atoms with Crippen LogP contribution in [0.2, 0.25) is 0 Å². The molecule has 2 heterocycles. The summed E-state index contributed by atoms with van der Waals surface area (Å²) in [7, 11) is 0. The lowest BCUT2D eigenvalue weighted by molar-refractivity contribution is -0.385. The lowest BCUT2D eigenvalue weighted by Crippen LogP contribution is -2.27. The summed E-state index contributed by atoms with van der Waals surface area (Å²) in [6.45, 7) is 2.21. The fraction of sp³-hybridized carbons (Fsp3) is 0.250. The molecule has 0 bridgehead atoms. The second-order valence-electron chi connectivity index (χ2n) is 6.29. The molecule has 3 rings (SSSR count). The van der Waals surface area contributed by atoms with Crippen LogP contribution < -0.4 is 9.64 Å². The Morgan fingerprint density at radius 1 is 1.13 bits per heavy atom. The molecule has 0 N–H and O–H groups in total. The molecule has 10 heteroatoms. The Hall–Kier alpha value is -4.31. The van der Waals surface area contributed by atoms with Crippen LogP contribution in [-0.2, 0) is 0 Å². The van der Waals surface area contributed by atoms with Crippen molar-refractivity contribution in [3.05, 3.63) is 52.5 Å². The molecular weight excluding hydrogens is 386 g/mol. The zero-order chi connectivity index (χ0) is 21.5. The first-order valence-electron chi connectivity index (χ1n) is 9.07. The number of rotatable bonds is 8. The Morgan fingerprint density at radius 3 is 2.53 bits per heavy atom. The number of aromatic nitrogens is 3. The summed E-state index contributed by atoms with van der Waals surface area (Å²) < 4.78 is 5.83. The number of nitro groups is 1. The van der Waals surface area contributed by atoms with Gasteiger partial charge in [0.05, 0.1) is 29.9 Å².